The predicted octanol–water partition coefficient (Wildman–Crippen LogP) is 2.64. The molecule has 0 spiro atoms. The van der Waals surface area contributed by atoms with Crippen LogP contribution in [-0.2, 0) is 0 Å². The maximum atomic E-state index is 3.70. The van der Waals surface area contributed by atoms with Gasteiger partial charge in [-0.2, -0.15) is 0 Å². The Morgan fingerprint density at radius 3 is 2.60 bits per heavy atom. The van der Waals surface area contributed by atoms with Crippen LogP contribution in [0.3, 0.4) is 0 Å². The topological polar surface area (TPSA) is 15.3 Å². The van der Waals surface area contributed by atoms with Crippen LogP contribution in [0.25, 0.3) is 0 Å². The quantitative estimate of drug-likeness (QED) is 0.653. The summed E-state index contributed by atoms with van der Waals surface area (Å²) in [6.07, 6.45) is 8.04. The fourth-order valence-electron chi connectivity index (χ4n) is 2.64. The zero-order chi connectivity index (χ0) is 11.1. The van der Waals surface area contributed by atoms with Crippen molar-refractivity contribution < 1.29 is 0 Å². The Bertz CT molecular complexity index is 162. The van der Waals surface area contributed by atoms with Gasteiger partial charge in [0.05, 0.1) is 0 Å². The van der Waals surface area contributed by atoms with Crippen molar-refractivity contribution in [1.82, 2.24) is 10.2 Å². The average Bonchev–Trinajstić information content (AvgIpc) is 2.67. The van der Waals surface area contributed by atoms with Crippen molar-refractivity contribution >= 4 is 0 Å². The van der Waals surface area contributed by atoms with Gasteiger partial charge in [0.1, 0.15) is 0 Å². The molecule has 1 atom stereocenters. The summed E-state index contributed by atoms with van der Waals surface area (Å²) in [6.45, 7) is 8.30. The second-order valence-corrected chi connectivity index (χ2v) is 5.11. The van der Waals surface area contributed by atoms with Gasteiger partial charge in [-0.05, 0) is 45.8 Å². The van der Waals surface area contributed by atoms with Crippen molar-refractivity contribution in [2.75, 3.05) is 26.7 Å². The van der Waals surface area contributed by atoms with Crippen LogP contribution in [0.2, 0.25) is 0 Å². The summed E-state index contributed by atoms with van der Waals surface area (Å²) in [6, 6.07) is 0. The van der Waals surface area contributed by atoms with E-state index in [1.807, 2.05) is 0 Å². The van der Waals surface area contributed by atoms with E-state index >= 15 is 0 Å². The van der Waals surface area contributed by atoms with Crippen LogP contribution in [0.5, 0.6) is 0 Å². The standard InChI is InChI=1S/C13H28N2/c1-4-6-7-11-15(3)12-13(5-2)9-8-10-14-13/h14H,4-12H2,1-3H3. The van der Waals surface area contributed by atoms with Crippen LogP contribution < -0.4 is 5.32 Å². The van der Waals surface area contributed by atoms with E-state index in [9.17, 15) is 0 Å². The van der Waals surface area contributed by atoms with Crippen molar-refractivity contribution in [1.29, 1.82) is 0 Å². The van der Waals surface area contributed by atoms with Gasteiger partial charge >= 0.3 is 0 Å². The molecule has 1 aliphatic heterocycles. The smallest absolute Gasteiger partial charge is 0.0306 e. The van der Waals surface area contributed by atoms with Crippen molar-refractivity contribution in [3.8, 4) is 0 Å². The summed E-state index contributed by atoms with van der Waals surface area (Å²) in [5, 5.41) is 3.70. The molecule has 90 valence electrons. The molecule has 0 aliphatic carbocycles. The van der Waals surface area contributed by atoms with Crippen LogP contribution in [0.15, 0.2) is 0 Å². The van der Waals surface area contributed by atoms with E-state index in [-0.39, 0.29) is 0 Å². The van der Waals surface area contributed by atoms with Gasteiger partial charge in [-0.15, -0.1) is 0 Å². The van der Waals surface area contributed by atoms with Gasteiger partial charge in [0.15, 0.2) is 0 Å². The van der Waals surface area contributed by atoms with E-state index in [2.05, 4.69) is 31.1 Å². The third-order valence-corrected chi connectivity index (χ3v) is 3.72. The van der Waals surface area contributed by atoms with Crippen LogP contribution in [0, 0.1) is 0 Å². The van der Waals surface area contributed by atoms with E-state index in [1.165, 1.54) is 58.2 Å². The number of hydrogen-bond acceptors (Lipinski definition) is 2. The second-order valence-electron chi connectivity index (χ2n) is 5.11. The molecule has 0 aromatic carbocycles. The molecule has 0 aromatic heterocycles. The van der Waals surface area contributed by atoms with Gasteiger partial charge in [0.25, 0.3) is 0 Å². The number of nitrogens with one attached hydrogen (secondary N) is 1. The Hall–Kier alpha value is -0.0800. The first-order valence-corrected chi connectivity index (χ1v) is 6.66. The van der Waals surface area contributed by atoms with Crippen molar-refractivity contribution in [3.05, 3.63) is 0 Å². The molecular formula is C13H28N2. The molecule has 0 saturated carbocycles. The second kappa shape index (κ2) is 6.49. The van der Waals surface area contributed by atoms with E-state index in [1.54, 1.807) is 0 Å². The molecule has 0 aromatic rings. The molecule has 1 unspecified atom stereocenters. The van der Waals surface area contributed by atoms with Crippen LogP contribution in [0.4, 0.5) is 0 Å². The van der Waals surface area contributed by atoms with Crippen LogP contribution >= 0.6 is 0 Å². The lowest BCUT2D eigenvalue weighted by Crippen LogP contribution is -2.48. The maximum Gasteiger partial charge on any atom is 0.0306 e. The zero-order valence-electron chi connectivity index (χ0n) is 10.8. The van der Waals surface area contributed by atoms with E-state index in [4.69, 9.17) is 0 Å². The summed E-state index contributed by atoms with van der Waals surface area (Å²) in [7, 11) is 2.27. The summed E-state index contributed by atoms with van der Waals surface area (Å²) in [5.74, 6) is 0. The first kappa shape index (κ1) is 13.0. The third-order valence-electron chi connectivity index (χ3n) is 3.72. The SMILES string of the molecule is CCCCCN(C)CC1(CC)CCCN1. The van der Waals surface area contributed by atoms with Gasteiger partial charge < -0.3 is 10.2 Å². The van der Waals surface area contributed by atoms with Crippen LogP contribution in [-0.4, -0.2) is 37.1 Å². The van der Waals surface area contributed by atoms with Gasteiger partial charge in [0.2, 0.25) is 0 Å². The summed E-state index contributed by atoms with van der Waals surface area (Å²) in [4.78, 5) is 2.51. The minimum absolute atomic E-state index is 0.432. The van der Waals surface area contributed by atoms with E-state index in [0.717, 1.165) is 0 Å². The van der Waals surface area contributed by atoms with Crippen LogP contribution in [0.1, 0.15) is 52.4 Å². The molecule has 1 fully saturated rings. The van der Waals surface area contributed by atoms with Crippen molar-refractivity contribution in [2.45, 2.75) is 57.9 Å². The Morgan fingerprint density at radius 1 is 1.27 bits per heavy atom. The number of rotatable bonds is 7. The maximum absolute atomic E-state index is 3.70. The normalized spacial score (nSPS) is 26.4. The molecule has 1 N–H and O–H groups in total. The molecule has 0 amide bonds. The lowest BCUT2D eigenvalue weighted by molar-refractivity contribution is 0.217. The zero-order valence-corrected chi connectivity index (χ0v) is 10.8. The molecule has 0 radical (unpaired) electrons. The molecule has 15 heavy (non-hydrogen) atoms. The molecule has 1 saturated heterocycles. The minimum Gasteiger partial charge on any atom is -0.310 e. The van der Waals surface area contributed by atoms with E-state index < -0.39 is 0 Å². The monoisotopic (exact) mass is 212 g/mol. The molecular weight excluding hydrogens is 184 g/mol. The highest BCUT2D eigenvalue weighted by atomic mass is 15.2. The Morgan fingerprint density at radius 2 is 2.07 bits per heavy atom. The Labute approximate surface area is 95.4 Å². The van der Waals surface area contributed by atoms with Gasteiger partial charge in [0, 0.05) is 12.1 Å². The minimum atomic E-state index is 0.432. The number of nitrogens with zero attached hydrogens (tertiary/aromatic N) is 1. The molecule has 0 bridgehead atoms. The van der Waals surface area contributed by atoms with Gasteiger partial charge in [-0.25, -0.2) is 0 Å². The Kier molecular flexibility index (Phi) is 5.62. The highest BCUT2D eigenvalue weighted by Crippen LogP contribution is 2.23. The van der Waals surface area contributed by atoms with Gasteiger partial charge in [-0.3, -0.25) is 0 Å². The fraction of sp³-hybridized carbons (Fsp3) is 1.00. The van der Waals surface area contributed by atoms with Gasteiger partial charge in [-0.1, -0.05) is 26.7 Å². The number of hydrogen-bond donors (Lipinski definition) is 1. The fourth-order valence-corrected chi connectivity index (χ4v) is 2.64. The molecule has 1 rings (SSSR count). The van der Waals surface area contributed by atoms with E-state index in [0.29, 0.717) is 5.54 Å². The molecule has 2 nitrogen and oxygen atoms in total. The lowest BCUT2D eigenvalue weighted by atomic mass is 9.93. The molecule has 1 aliphatic rings. The molecule has 1 heterocycles. The van der Waals surface area contributed by atoms with Crippen molar-refractivity contribution in [3.63, 3.8) is 0 Å². The highest BCUT2D eigenvalue weighted by molar-refractivity contribution is 4.93. The Balaban J connectivity index is 2.25. The van der Waals surface area contributed by atoms with Crippen molar-refractivity contribution in [2.24, 2.45) is 0 Å². The predicted molar refractivity (Wildman–Crippen MR) is 67.3 cm³/mol. The summed E-state index contributed by atoms with van der Waals surface area (Å²) in [5.41, 5.74) is 0.432. The average molecular weight is 212 g/mol. The largest absolute Gasteiger partial charge is 0.310 e. The molecule has 2 heteroatoms. The first-order chi connectivity index (χ1) is 7.22. The highest BCUT2D eigenvalue weighted by Gasteiger charge is 2.32. The number of likely N-dealkylation sites (N-methyl/N-ethyl adjacent to an activating group) is 1. The summed E-state index contributed by atoms with van der Waals surface area (Å²) >= 11 is 0. The summed E-state index contributed by atoms with van der Waals surface area (Å²) < 4.78 is 0. The lowest BCUT2D eigenvalue weighted by Gasteiger charge is -2.33. The first-order valence-electron chi connectivity index (χ1n) is 6.66. The number of unbranched alkanes of at least 4 members (excludes halogenated alkanes) is 2. The third kappa shape index (κ3) is 4.12.